The van der Waals surface area contributed by atoms with Crippen molar-refractivity contribution in [1.29, 1.82) is 0 Å². The first-order chi connectivity index (χ1) is 4.20. The van der Waals surface area contributed by atoms with Crippen LogP contribution < -0.4 is 0 Å². The predicted octanol–water partition coefficient (Wildman–Crippen LogP) is 2.53. The largest absolute Gasteiger partial charge is 0.242 e. The van der Waals surface area contributed by atoms with E-state index in [2.05, 4.69) is 0 Å². The van der Waals surface area contributed by atoms with Crippen molar-refractivity contribution in [2.24, 2.45) is 0 Å². The maximum atomic E-state index is 12.5. The van der Waals surface area contributed by atoms with Gasteiger partial charge in [0.15, 0.2) is 0 Å². The van der Waals surface area contributed by atoms with Gasteiger partial charge < -0.3 is 0 Å². The average Bonchev–Trinajstić information content (AvgIpc) is 1.80. The summed E-state index contributed by atoms with van der Waals surface area (Å²) in [4.78, 5) is 0. The van der Waals surface area contributed by atoms with Crippen molar-refractivity contribution in [2.75, 3.05) is 0 Å². The SMILES string of the molecule is CC1=CC(F)=CCC1F. The van der Waals surface area contributed by atoms with Crippen molar-refractivity contribution >= 4 is 0 Å². The number of hydrogen-bond acceptors (Lipinski definition) is 0. The second kappa shape index (κ2) is 2.29. The van der Waals surface area contributed by atoms with Gasteiger partial charge in [-0.2, -0.15) is 0 Å². The van der Waals surface area contributed by atoms with Crippen LogP contribution in [0.4, 0.5) is 8.78 Å². The van der Waals surface area contributed by atoms with Crippen LogP contribution in [-0.2, 0) is 0 Å². The molecule has 0 aromatic carbocycles. The number of halogens is 2. The Labute approximate surface area is 52.9 Å². The Morgan fingerprint density at radius 1 is 1.67 bits per heavy atom. The van der Waals surface area contributed by atoms with E-state index in [0.29, 0.717) is 5.57 Å². The molecule has 1 aliphatic rings. The third-order valence-electron chi connectivity index (χ3n) is 1.38. The van der Waals surface area contributed by atoms with Gasteiger partial charge in [0.1, 0.15) is 12.0 Å². The minimum Gasteiger partial charge on any atom is -0.242 e. The summed E-state index contributed by atoms with van der Waals surface area (Å²) in [7, 11) is 0. The van der Waals surface area contributed by atoms with E-state index in [1.54, 1.807) is 6.92 Å². The van der Waals surface area contributed by atoms with Gasteiger partial charge in [-0.25, -0.2) is 8.78 Å². The van der Waals surface area contributed by atoms with Crippen LogP contribution >= 0.6 is 0 Å². The van der Waals surface area contributed by atoms with Crippen LogP contribution in [0.3, 0.4) is 0 Å². The molecule has 2 heteroatoms. The molecule has 0 bridgehead atoms. The summed E-state index contributed by atoms with van der Waals surface area (Å²) in [6.07, 6.45) is 1.71. The lowest BCUT2D eigenvalue weighted by Gasteiger charge is -2.09. The molecule has 0 saturated heterocycles. The molecular formula is C7H8F2. The highest BCUT2D eigenvalue weighted by Crippen LogP contribution is 2.20. The highest BCUT2D eigenvalue weighted by Gasteiger charge is 2.11. The monoisotopic (exact) mass is 130 g/mol. The summed E-state index contributed by atoms with van der Waals surface area (Å²) >= 11 is 0. The summed E-state index contributed by atoms with van der Waals surface area (Å²) in [5.74, 6) is -0.318. The molecule has 1 unspecified atom stereocenters. The number of allylic oxidation sites excluding steroid dienone is 4. The fourth-order valence-corrected chi connectivity index (χ4v) is 0.769. The number of rotatable bonds is 0. The molecule has 0 spiro atoms. The molecule has 0 amide bonds. The van der Waals surface area contributed by atoms with Crippen molar-refractivity contribution in [3.05, 3.63) is 23.6 Å². The van der Waals surface area contributed by atoms with Gasteiger partial charge >= 0.3 is 0 Å². The first-order valence-corrected chi connectivity index (χ1v) is 2.88. The summed E-state index contributed by atoms with van der Waals surface area (Å²) in [5, 5.41) is 0. The zero-order valence-corrected chi connectivity index (χ0v) is 5.20. The van der Waals surface area contributed by atoms with E-state index in [-0.39, 0.29) is 12.2 Å². The minimum atomic E-state index is -0.968. The van der Waals surface area contributed by atoms with E-state index in [1.807, 2.05) is 0 Å². The Morgan fingerprint density at radius 3 is 2.78 bits per heavy atom. The third-order valence-corrected chi connectivity index (χ3v) is 1.38. The number of alkyl halides is 1. The van der Waals surface area contributed by atoms with Crippen molar-refractivity contribution in [3.8, 4) is 0 Å². The molecule has 0 aromatic heterocycles. The van der Waals surface area contributed by atoms with Crippen LogP contribution in [0.2, 0.25) is 0 Å². The molecule has 1 aliphatic carbocycles. The molecule has 0 fully saturated rings. The van der Waals surface area contributed by atoms with Gasteiger partial charge in [-0.1, -0.05) is 0 Å². The lowest BCUT2D eigenvalue weighted by atomic mass is 10.0. The molecule has 0 N–H and O–H groups in total. The van der Waals surface area contributed by atoms with Gasteiger partial charge in [-0.15, -0.1) is 0 Å². The number of hydrogen-bond donors (Lipinski definition) is 0. The maximum absolute atomic E-state index is 12.5. The van der Waals surface area contributed by atoms with Gasteiger partial charge in [0.2, 0.25) is 0 Å². The van der Waals surface area contributed by atoms with Crippen LogP contribution in [0.15, 0.2) is 23.6 Å². The van der Waals surface area contributed by atoms with Crippen LogP contribution in [0.25, 0.3) is 0 Å². The van der Waals surface area contributed by atoms with E-state index < -0.39 is 6.17 Å². The lowest BCUT2D eigenvalue weighted by molar-refractivity contribution is 0.377. The van der Waals surface area contributed by atoms with E-state index in [4.69, 9.17) is 0 Å². The summed E-state index contributed by atoms with van der Waals surface area (Å²) in [6, 6.07) is 0. The van der Waals surface area contributed by atoms with Crippen LogP contribution in [-0.4, -0.2) is 6.17 Å². The molecule has 0 heterocycles. The van der Waals surface area contributed by atoms with Crippen molar-refractivity contribution < 1.29 is 8.78 Å². The highest BCUT2D eigenvalue weighted by atomic mass is 19.1. The van der Waals surface area contributed by atoms with Gasteiger partial charge in [0.25, 0.3) is 0 Å². The maximum Gasteiger partial charge on any atom is 0.125 e. The minimum absolute atomic E-state index is 0.189. The summed E-state index contributed by atoms with van der Waals surface area (Å²) in [6.45, 7) is 1.59. The fraction of sp³-hybridized carbons (Fsp3) is 0.429. The van der Waals surface area contributed by atoms with Gasteiger partial charge in [0.05, 0.1) is 0 Å². The Kier molecular flexibility index (Phi) is 1.65. The highest BCUT2D eigenvalue weighted by molar-refractivity contribution is 5.24. The second-order valence-corrected chi connectivity index (χ2v) is 2.18. The lowest BCUT2D eigenvalue weighted by Crippen LogP contribution is -2.03. The topological polar surface area (TPSA) is 0 Å². The Morgan fingerprint density at radius 2 is 2.33 bits per heavy atom. The van der Waals surface area contributed by atoms with Crippen LogP contribution in [0.1, 0.15) is 13.3 Å². The molecule has 0 nitrogen and oxygen atoms in total. The van der Waals surface area contributed by atoms with E-state index >= 15 is 0 Å². The van der Waals surface area contributed by atoms with Gasteiger partial charge in [-0.05, 0) is 24.6 Å². The van der Waals surface area contributed by atoms with Crippen molar-refractivity contribution in [1.82, 2.24) is 0 Å². The van der Waals surface area contributed by atoms with Crippen LogP contribution in [0.5, 0.6) is 0 Å². The fourth-order valence-electron chi connectivity index (χ4n) is 0.769. The van der Waals surface area contributed by atoms with Crippen molar-refractivity contribution in [3.63, 3.8) is 0 Å². The van der Waals surface area contributed by atoms with E-state index in [1.165, 1.54) is 12.2 Å². The quantitative estimate of drug-likeness (QED) is 0.472. The molecule has 0 radical (unpaired) electrons. The van der Waals surface area contributed by atoms with E-state index in [0.717, 1.165) is 0 Å². The molecule has 0 aliphatic heterocycles. The van der Waals surface area contributed by atoms with Gasteiger partial charge in [-0.3, -0.25) is 0 Å². The first-order valence-electron chi connectivity index (χ1n) is 2.88. The summed E-state index contributed by atoms with van der Waals surface area (Å²) < 4.78 is 24.7. The zero-order chi connectivity index (χ0) is 6.85. The second-order valence-electron chi connectivity index (χ2n) is 2.18. The third kappa shape index (κ3) is 1.37. The average molecular weight is 130 g/mol. The molecule has 50 valence electrons. The zero-order valence-electron chi connectivity index (χ0n) is 5.20. The Balaban J connectivity index is 2.74. The molecule has 0 saturated carbocycles. The molecular weight excluding hydrogens is 122 g/mol. The molecule has 0 aromatic rings. The van der Waals surface area contributed by atoms with Crippen molar-refractivity contribution in [2.45, 2.75) is 19.5 Å². The molecule has 1 rings (SSSR count). The molecule has 1 atom stereocenters. The normalized spacial score (nSPS) is 27.2. The van der Waals surface area contributed by atoms with Crippen LogP contribution in [0, 0.1) is 0 Å². The standard InChI is InChI=1S/C7H8F2/c1-5-4-6(8)2-3-7(5)9/h2,4,7H,3H2,1H3. The Bertz CT molecular complexity index is 168. The Hall–Kier alpha value is -0.660. The predicted molar refractivity (Wildman–Crippen MR) is 32.5 cm³/mol. The summed E-state index contributed by atoms with van der Waals surface area (Å²) in [5.41, 5.74) is 0.481. The van der Waals surface area contributed by atoms with Gasteiger partial charge in [0, 0.05) is 6.42 Å². The van der Waals surface area contributed by atoms with E-state index in [9.17, 15) is 8.78 Å². The smallest absolute Gasteiger partial charge is 0.125 e. The molecule has 9 heavy (non-hydrogen) atoms. The first kappa shape index (κ1) is 6.46.